The number of aromatic nitrogens is 3. The van der Waals surface area contributed by atoms with E-state index in [9.17, 15) is 9.90 Å². The molecule has 1 aliphatic rings. The average Bonchev–Trinajstić information content (AvgIpc) is 2.78. The Kier molecular flexibility index (Phi) is 4.94. The van der Waals surface area contributed by atoms with Crippen LogP contribution in [0.4, 0.5) is 0 Å². The first-order chi connectivity index (χ1) is 11.6. The normalized spacial score (nSPS) is 19.2. The second kappa shape index (κ2) is 7.13. The van der Waals surface area contributed by atoms with Crippen molar-refractivity contribution in [3.05, 3.63) is 47.0 Å². The van der Waals surface area contributed by atoms with Gasteiger partial charge in [0.25, 0.3) is 0 Å². The molecule has 3 rings (SSSR count). The molecular weight excluding hydrogens is 304 g/mol. The molecular formula is C18H24N4O2. The van der Waals surface area contributed by atoms with Gasteiger partial charge in [-0.25, -0.2) is 4.79 Å². The predicted octanol–water partition coefficient (Wildman–Crippen LogP) is 2.53. The van der Waals surface area contributed by atoms with Gasteiger partial charge >= 0.3 is 5.97 Å². The van der Waals surface area contributed by atoms with E-state index in [1.807, 2.05) is 6.20 Å². The third kappa shape index (κ3) is 3.48. The Balaban J connectivity index is 1.82. The molecule has 128 valence electrons. The summed E-state index contributed by atoms with van der Waals surface area (Å²) in [5.41, 5.74) is 3.24. The van der Waals surface area contributed by atoms with Gasteiger partial charge in [-0.3, -0.25) is 9.67 Å². The van der Waals surface area contributed by atoms with Crippen molar-refractivity contribution in [2.45, 2.75) is 38.6 Å². The van der Waals surface area contributed by atoms with Gasteiger partial charge in [-0.15, -0.1) is 0 Å². The maximum atomic E-state index is 11.4. The lowest BCUT2D eigenvalue weighted by Gasteiger charge is -2.17. The van der Waals surface area contributed by atoms with Crippen molar-refractivity contribution in [3.63, 3.8) is 0 Å². The molecule has 2 aromatic heterocycles. The molecule has 1 saturated heterocycles. The largest absolute Gasteiger partial charge is 0.478 e. The van der Waals surface area contributed by atoms with Crippen molar-refractivity contribution < 1.29 is 9.90 Å². The Morgan fingerprint density at radius 2 is 2.12 bits per heavy atom. The first-order valence-electron chi connectivity index (χ1n) is 8.44. The molecule has 0 aliphatic carbocycles. The molecule has 0 spiro atoms. The number of likely N-dealkylation sites (tertiary alicyclic amines) is 1. The van der Waals surface area contributed by atoms with E-state index in [1.54, 1.807) is 12.3 Å². The maximum Gasteiger partial charge on any atom is 0.336 e. The van der Waals surface area contributed by atoms with Crippen LogP contribution in [0, 0.1) is 6.92 Å². The minimum Gasteiger partial charge on any atom is -0.478 e. The van der Waals surface area contributed by atoms with Crippen molar-refractivity contribution in [3.8, 4) is 0 Å². The van der Waals surface area contributed by atoms with E-state index in [-0.39, 0.29) is 0 Å². The number of hydrogen-bond acceptors (Lipinski definition) is 4. The molecule has 0 saturated carbocycles. The van der Waals surface area contributed by atoms with Crippen LogP contribution in [0.5, 0.6) is 0 Å². The summed E-state index contributed by atoms with van der Waals surface area (Å²) in [4.78, 5) is 17.8. The van der Waals surface area contributed by atoms with Crippen LogP contribution >= 0.6 is 0 Å². The van der Waals surface area contributed by atoms with Gasteiger partial charge in [0.05, 0.1) is 17.8 Å². The Bertz CT molecular complexity index is 726. The summed E-state index contributed by atoms with van der Waals surface area (Å²) in [6, 6.07) is 1.98. The van der Waals surface area contributed by atoms with E-state index in [2.05, 4.69) is 33.6 Å². The fourth-order valence-corrected chi connectivity index (χ4v) is 3.45. The van der Waals surface area contributed by atoms with Gasteiger partial charge in [0.15, 0.2) is 0 Å². The van der Waals surface area contributed by atoms with E-state index in [4.69, 9.17) is 0 Å². The van der Waals surface area contributed by atoms with Gasteiger partial charge in [0.1, 0.15) is 0 Å². The number of aromatic carboxylic acids is 1. The standard InChI is InChI=1S/C18H24N4O2/c1-13-14(10-15-11-19-7-5-17(15)18(23)24)12-20-22(13)16-4-3-8-21(2)9-6-16/h5,7,11-12,16H,3-4,6,8-10H2,1-2H3,(H,23,24). The lowest BCUT2D eigenvalue weighted by Crippen LogP contribution is -2.19. The molecule has 0 bridgehead atoms. The molecule has 1 fully saturated rings. The summed E-state index contributed by atoms with van der Waals surface area (Å²) in [5, 5.41) is 13.9. The van der Waals surface area contributed by atoms with Gasteiger partial charge in [-0.2, -0.15) is 5.10 Å². The Morgan fingerprint density at radius 1 is 1.29 bits per heavy atom. The monoisotopic (exact) mass is 328 g/mol. The highest BCUT2D eigenvalue weighted by atomic mass is 16.4. The second-order valence-electron chi connectivity index (χ2n) is 6.60. The number of carboxylic acids is 1. The Labute approximate surface area is 142 Å². The summed E-state index contributed by atoms with van der Waals surface area (Å²) in [7, 11) is 2.17. The van der Waals surface area contributed by atoms with Crippen LogP contribution in [-0.2, 0) is 6.42 Å². The summed E-state index contributed by atoms with van der Waals surface area (Å²) in [5.74, 6) is -0.913. The zero-order valence-electron chi connectivity index (χ0n) is 14.3. The van der Waals surface area contributed by atoms with Crippen molar-refractivity contribution in [1.82, 2.24) is 19.7 Å². The number of carboxylic acid groups (broad SMARTS) is 1. The van der Waals surface area contributed by atoms with Gasteiger partial charge in [-0.1, -0.05) is 0 Å². The molecule has 24 heavy (non-hydrogen) atoms. The molecule has 0 aromatic carbocycles. The third-order valence-corrected chi connectivity index (χ3v) is 4.93. The molecule has 3 heterocycles. The van der Waals surface area contributed by atoms with Gasteiger partial charge in [-0.05, 0) is 63.5 Å². The smallest absolute Gasteiger partial charge is 0.336 e. The topological polar surface area (TPSA) is 71.2 Å². The highest BCUT2D eigenvalue weighted by Gasteiger charge is 2.20. The van der Waals surface area contributed by atoms with Crippen LogP contribution in [0.25, 0.3) is 0 Å². The number of carbonyl (C=O) groups is 1. The van der Waals surface area contributed by atoms with Crippen LogP contribution in [0.2, 0.25) is 0 Å². The van der Waals surface area contributed by atoms with Crippen molar-refractivity contribution >= 4 is 5.97 Å². The van der Waals surface area contributed by atoms with E-state index in [0.29, 0.717) is 18.0 Å². The summed E-state index contributed by atoms with van der Waals surface area (Å²) < 4.78 is 2.13. The second-order valence-corrected chi connectivity index (χ2v) is 6.60. The molecule has 1 unspecified atom stereocenters. The molecule has 1 N–H and O–H groups in total. The summed E-state index contributed by atoms with van der Waals surface area (Å²) in [6.07, 6.45) is 9.01. The van der Waals surface area contributed by atoms with Gasteiger partial charge in [0, 0.05) is 24.5 Å². The van der Waals surface area contributed by atoms with E-state index >= 15 is 0 Å². The zero-order chi connectivity index (χ0) is 17.1. The molecule has 1 atom stereocenters. The quantitative estimate of drug-likeness (QED) is 0.934. The first kappa shape index (κ1) is 16.6. The summed E-state index contributed by atoms with van der Waals surface area (Å²) in [6.45, 7) is 4.31. The number of rotatable bonds is 4. The minimum atomic E-state index is -0.913. The van der Waals surface area contributed by atoms with Gasteiger partial charge < -0.3 is 10.0 Å². The lowest BCUT2D eigenvalue weighted by molar-refractivity contribution is 0.0695. The van der Waals surface area contributed by atoms with Crippen LogP contribution < -0.4 is 0 Å². The molecule has 2 aromatic rings. The fourth-order valence-electron chi connectivity index (χ4n) is 3.45. The summed E-state index contributed by atoms with van der Waals surface area (Å²) >= 11 is 0. The van der Waals surface area contributed by atoms with E-state index in [1.165, 1.54) is 12.6 Å². The third-order valence-electron chi connectivity index (χ3n) is 4.93. The maximum absolute atomic E-state index is 11.4. The first-order valence-corrected chi connectivity index (χ1v) is 8.44. The van der Waals surface area contributed by atoms with Crippen molar-refractivity contribution in [2.75, 3.05) is 20.1 Å². The molecule has 6 nitrogen and oxygen atoms in total. The Hall–Kier alpha value is -2.21. The fraction of sp³-hybridized carbons (Fsp3) is 0.500. The Morgan fingerprint density at radius 3 is 2.92 bits per heavy atom. The van der Waals surface area contributed by atoms with Crippen LogP contribution in [0.15, 0.2) is 24.7 Å². The van der Waals surface area contributed by atoms with Crippen LogP contribution in [-0.4, -0.2) is 50.9 Å². The average molecular weight is 328 g/mol. The number of nitrogens with zero attached hydrogens (tertiary/aromatic N) is 4. The molecule has 6 heteroatoms. The molecule has 1 aliphatic heterocycles. The predicted molar refractivity (Wildman–Crippen MR) is 91.4 cm³/mol. The highest BCUT2D eigenvalue weighted by Crippen LogP contribution is 2.25. The van der Waals surface area contributed by atoms with Crippen LogP contribution in [0.1, 0.15) is 52.5 Å². The lowest BCUT2D eigenvalue weighted by atomic mass is 10.0. The van der Waals surface area contributed by atoms with E-state index in [0.717, 1.165) is 42.8 Å². The van der Waals surface area contributed by atoms with Crippen molar-refractivity contribution in [1.29, 1.82) is 0 Å². The van der Waals surface area contributed by atoms with Crippen LogP contribution in [0.3, 0.4) is 0 Å². The van der Waals surface area contributed by atoms with E-state index < -0.39 is 5.97 Å². The minimum absolute atomic E-state index is 0.313. The molecule has 0 amide bonds. The highest BCUT2D eigenvalue weighted by molar-refractivity contribution is 5.89. The number of pyridine rings is 1. The van der Waals surface area contributed by atoms with Crippen molar-refractivity contribution in [2.24, 2.45) is 0 Å². The zero-order valence-corrected chi connectivity index (χ0v) is 14.3. The SMILES string of the molecule is Cc1c(Cc2cnccc2C(=O)O)cnn1C1CCCN(C)CC1. The molecule has 0 radical (unpaired) electrons. The van der Waals surface area contributed by atoms with Gasteiger partial charge in [0.2, 0.25) is 0 Å². The number of hydrogen-bond donors (Lipinski definition) is 1.